The topological polar surface area (TPSA) is 117 Å². The van der Waals surface area contributed by atoms with Crippen molar-refractivity contribution in [1.29, 1.82) is 0 Å². The average molecular weight is 371 g/mol. The SMILES string of the molecule is CCN(CCCOS(=O)(=O)O)c1ccc(N=Nc2nncs2)cc1. The molecule has 0 saturated carbocycles. The van der Waals surface area contributed by atoms with E-state index >= 15 is 0 Å². The monoisotopic (exact) mass is 371 g/mol. The standard InChI is InChI=1S/C13H17N5O4S2/c1-2-18(8-3-9-22-24(19,20)21)12-6-4-11(5-7-12)15-17-13-16-14-10-23-13/h4-7,10H,2-3,8-9H2,1H3,(H,19,20,21). The molecule has 0 spiro atoms. The Morgan fingerprint density at radius 3 is 2.62 bits per heavy atom. The highest BCUT2D eigenvalue weighted by Crippen LogP contribution is 2.22. The summed E-state index contributed by atoms with van der Waals surface area (Å²) >= 11 is 1.30. The Kier molecular flexibility index (Phi) is 6.73. The Morgan fingerprint density at radius 2 is 2.04 bits per heavy atom. The number of azo groups is 1. The molecule has 0 aliphatic carbocycles. The molecule has 0 unspecified atom stereocenters. The molecular weight excluding hydrogens is 354 g/mol. The minimum absolute atomic E-state index is 0.0660. The van der Waals surface area contributed by atoms with Gasteiger partial charge in [0.05, 0.1) is 12.3 Å². The quantitative estimate of drug-likeness (QED) is 0.409. The van der Waals surface area contributed by atoms with Gasteiger partial charge in [-0.2, -0.15) is 8.42 Å². The first-order valence-corrected chi connectivity index (χ1v) is 9.37. The third-order valence-electron chi connectivity index (χ3n) is 3.00. The first-order valence-electron chi connectivity index (χ1n) is 7.12. The normalized spacial score (nSPS) is 11.9. The zero-order valence-corrected chi connectivity index (χ0v) is 14.6. The van der Waals surface area contributed by atoms with Gasteiger partial charge >= 0.3 is 10.4 Å². The molecule has 0 radical (unpaired) electrons. The second-order valence-corrected chi connectivity index (χ2v) is 6.52. The number of hydrogen-bond donors (Lipinski definition) is 1. The molecular formula is C13H17N5O4S2. The smallest absolute Gasteiger partial charge is 0.372 e. The second-order valence-electron chi connectivity index (χ2n) is 4.62. The van der Waals surface area contributed by atoms with Crippen molar-refractivity contribution in [2.75, 3.05) is 24.6 Å². The molecule has 1 heterocycles. The van der Waals surface area contributed by atoms with Crippen LogP contribution in [0.15, 0.2) is 40.0 Å². The predicted molar refractivity (Wildman–Crippen MR) is 90.5 cm³/mol. The molecule has 0 amide bonds. The van der Waals surface area contributed by atoms with Crippen molar-refractivity contribution < 1.29 is 17.2 Å². The number of benzene rings is 1. The molecule has 1 aromatic carbocycles. The van der Waals surface area contributed by atoms with Crippen LogP contribution in [0, 0.1) is 0 Å². The van der Waals surface area contributed by atoms with Gasteiger partial charge in [0.15, 0.2) is 0 Å². The van der Waals surface area contributed by atoms with Crippen molar-refractivity contribution in [2.24, 2.45) is 10.2 Å². The summed E-state index contributed by atoms with van der Waals surface area (Å²) in [6.07, 6.45) is 0.464. The van der Waals surface area contributed by atoms with E-state index in [4.69, 9.17) is 4.55 Å². The van der Waals surface area contributed by atoms with Crippen LogP contribution in [-0.4, -0.2) is 42.9 Å². The molecule has 0 bridgehead atoms. The van der Waals surface area contributed by atoms with Gasteiger partial charge in [-0.05, 0) is 37.6 Å². The van der Waals surface area contributed by atoms with Gasteiger partial charge in [-0.1, -0.05) is 11.3 Å². The molecule has 11 heteroatoms. The van der Waals surface area contributed by atoms with E-state index in [0.717, 1.165) is 12.2 Å². The van der Waals surface area contributed by atoms with Gasteiger partial charge in [0.25, 0.3) is 5.13 Å². The van der Waals surface area contributed by atoms with Crippen LogP contribution >= 0.6 is 11.3 Å². The maximum absolute atomic E-state index is 10.5. The largest absolute Gasteiger partial charge is 0.397 e. The van der Waals surface area contributed by atoms with Gasteiger partial charge in [0.2, 0.25) is 0 Å². The van der Waals surface area contributed by atoms with Gasteiger partial charge < -0.3 is 4.90 Å². The highest BCUT2D eigenvalue weighted by Gasteiger charge is 2.07. The van der Waals surface area contributed by atoms with Crippen LogP contribution in [0.1, 0.15) is 13.3 Å². The lowest BCUT2D eigenvalue weighted by Gasteiger charge is -2.22. The molecule has 2 aromatic rings. The fourth-order valence-corrected chi connectivity index (χ4v) is 2.63. The summed E-state index contributed by atoms with van der Waals surface area (Å²) in [6.45, 7) is 3.27. The molecule has 0 saturated heterocycles. The first-order chi connectivity index (χ1) is 11.5. The number of hydrogen-bond acceptors (Lipinski definition) is 9. The molecule has 0 aliphatic heterocycles. The fraction of sp³-hybridized carbons (Fsp3) is 0.385. The Bertz CT molecular complexity index is 747. The summed E-state index contributed by atoms with van der Waals surface area (Å²) < 4.78 is 33.8. The Morgan fingerprint density at radius 1 is 1.29 bits per heavy atom. The first kappa shape index (κ1) is 18.4. The minimum Gasteiger partial charge on any atom is -0.372 e. The van der Waals surface area contributed by atoms with Crippen molar-refractivity contribution in [3.8, 4) is 0 Å². The molecule has 130 valence electrons. The van der Waals surface area contributed by atoms with Crippen molar-refractivity contribution in [1.82, 2.24) is 10.2 Å². The number of rotatable bonds is 9. The molecule has 1 aromatic heterocycles. The van der Waals surface area contributed by atoms with Crippen molar-refractivity contribution in [2.45, 2.75) is 13.3 Å². The van der Waals surface area contributed by atoms with E-state index in [2.05, 4.69) is 29.5 Å². The number of anilines is 1. The molecule has 1 N–H and O–H groups in total. The van der Waals surface area contributed by atoms with Gasteiger partial charge in [0.1, 0.15) is 5.51 Å². The van der Waals surface area contributed by atoms with E-state index < -0.39 is 10.4 Å². The zero-order chi connectivity index (χ0) is 17.4. The predicted octanol–water partition coefficient (Wildman–Crippen LogP) is 2.99. The van der Waals surface area contributed by atoms with Crippen LogP contribution in [0.2, 0.25) is 0 Å². The average Bonchev–Trinajstić information content (AvgIpc) is 3.06. The van der Waals surface area contributed by atoms with Crippen molar-refractivity contribution in [3.05, 3.63) is 29.8 Å². The van der Waals surface area contributed by atoms with Crippen LogP contribution in [0.3, 0.4) is 0 Å². The summed E-state index contributed by atoms with van der Waals surface area (Å²) in [4.78, 5) is 2.05. The lowest BCUT2D eigenvalue weighted by Crippen LogP contribution is -2.25. The third-order valence-corrected chi connectivity index (χ3v) is 4.04. The molecule has 2 rings (SSSR count). The zero-order valence-electron chi connectivity index (χ0n) is 12.9. The Hall–Kier alpha value is -1.95. The molecule has 0 atom stereocenters. The van der Waals surface area contributed by atoms with E-state index in [1.807, 2.05) is 31.2 Å². The highest BCUT2D eigenvalue weighted by molar-refractivity contribution is 7.80. The van der Waals surface area contributed by atoms with E-state index in [9.17, 15) is 8.42 Å². The van der Waals surface area contributed by atoms with Crippen LogP contribution < -0.4 is 4.90 Å². The van der Waals surface area contributed by atoms with Crippen LogP contribution in [0.25, 0.3) is 0 Å². The molecule has 0 aliphatic rings. The second kappa shape index (κ2) is 8.78. The Labute approximate surface area is 144 Å². The van der Waals surface area contributed by atoms with Gasteiger partial charge in [0, 0.05) is 18.8 Å². The maximum atomic E-state index is 10.5. The summed E-state index contributed by atoms with van der Waals surface area (Å²) in [5.74, 6) is 0. The summed E-state index contributed by atoms with van der Waals surface area (Å²) in [6, 6.07) is 7.47. The lowest BCUT2D eigenvalue weighted by molar-refractivity contribution is 0.266. The highest BCUT2D eigenvalue weighted by atomic mass is 32.3. The number of aromatic nitrogens is 2. The van der Waals surface area contributed by atoms with Crippen LogP contribution in [0.4, 0.5) is 16.5 Å². The van der Waals surface area contributed by atoms with E-state index in [1.54, 1.807) is 5.51 Å². The maximum Gasteiger partial charge on any atom is 0.397 e. The molecule has 0 fully saturated rings. The van der Waals surface area contributed by atoms with Crippen molar-refractivity contribution >= 4 is 38.2 Å². The molecule has 9 nitrogen and oxygen atoms in total. The Balaban J connectivity index is 1.89. The fourth-order valence-electron chi connectivity index (χ4n) is 1.93. The summed E-state index contributed by atoms with van der Waals surface area (Å²) in [5, 5.41) is 16.0. The summed E-state index contributed by atoms with van der Waals surface area (Å²) in [7, 11) is -4.37. The van der Waals surface area contributed by atoms with Gasteiger partial charge in [-0.15, -0.1) is 20.4 Å². The van der Waals surface area contributed by atoms with E-state index in [-0.39, 0.29) is 6.61 Å². The number of nitrogens with zero attached hydrogens (tertiary/aromatic N) is 5. The van der Waals surface area contributed by atoms with Gasteiger partial charge in [-0.25, -0.2) is 4.18 Å². The third kappa shape index (κ3) is 6.28. The van der Waals surface area contributed by atoms with Gasteiger partial charge in [-0.3, -0.25) is 4.55 Å². The van der Waals surface area contributed by atoms with Crippen LogP contribution in [-0.2, 0) is 14.6 Å². The van der Waals surface area contributed by atoms with Crippen LogP contribution in [0.5, 0.6) is 0 Å². The lowest BCUT2D eigenvalue weighted by atomic mass is 10.2. The summed E-state index contributed by atoms with van der Waals surface area (Å²) in [5.41, 5.74) is 3.25. The van der Waals surface area contributed by atoms with Crippen molar-refractivity contribution in [3.63, 3.8) is 0 Å². The minimum atomic E-state index is -4.37. The van der Waals surface area contributed by atoms with E-state index in [0.29, 0.717) is 23.8 Å². The molecule has 24 heavy (non-hydrogen) atoms. The van der Waals surface area contributed by atoms with E-state index in [1.165, 1.54) is 11.3 Å².